The molecule has 0 aromatic heterocycles. The van der Waals surface area contributed by atoms with Crippen LogP contribution in [0.4, 0.5) is 0 Å². The molecule has 0 amide bonds. The van der Waals surface area contributed by atoms with E-state index in [2.05, 4.69) is 0 Å². The van der Waals surface area contributed by atoms with Gasteiger partial charge in [0.25, 0.3) is 0 Å². The second-order valence-corrected chi connectivity index (χ2v) is 4.59. The third kappa shape index (κ3) is 2.65. The minimum absolute atomic E-state index is 0.0477. The Kier molecular flexibility index (Phi) is 3.20. The molecule has 2 aliphatic rings. The van der Waals surface area contributed by atoms with E-state index < -0.39 is 30.3 Å². The number of esters is 1. The molecule has 2 aliphatic heterocycles. The Bertz CT molecular complexity index is 337. The summed E-state index contributed by atoms with van der Waals surface area (Å²) < 4.78 is 21.3. The van der Waals surface area contributed by atoms with E-state index in [4.69, 9.17) is 18.9 Å². The van der Waals surface area contributed by atoms with Crippen LogP contribution in [0.15, 0.2) is 0 Å². The lowest BCUT2D eigenvalue weighted by Gasteiger charge is -2.20. The average molecular weight is 244 g/mol. The van der Waals surface area contributed by atoms with Crippen molar-refractivity contribution in [3.8, 4) is 0 Å². The van der Waals surface area contributed by atoms with Gasteiger partial charge in [-0.1, -0.05) is 0 Å². The van der Waals surface area contributed by atoms with Crippen molar-refractivity contribution in [2.45, 2.75) is 51.5 Å². The Morgan fingerprint density at radius 2 is 2.12 bits per heavy atom. The van der Waals surface area contributed by atoms with Crippen LogP contribution in [-0.4, -0.2) is 42.6 Å². The highest BCUT2D eigenvalue weighted by Crippen LogP contribution is 2.33. The maximum Gasteiger partial charge on any atom is 0.305 e. The van der Waals surface area contributed by atoms with Gasteiger partial charge < -0.3 is 18.9 Å². The van der Waals surface area contributed by atoms with Crippen molar-refractivity contribution in [1.29, 1.82) is 0 Å². The molecule has 3 atom stereocenters. The number of hydrogen-bond acceptors (Lipinski definition) is 6. The monoisotopic (exact) mass is 244 g/mol. The van der Waals surface area contributed by atoms with Crippen molar-refractivity contribution in [2.24, 2.45) is 0 Å². The van der Waals surface area contributed by atoms with Crippen molar-refractivity contribution < 1.29 is 28.5 Å². The highest BCUT2D eigenvalue weighted by Gasteiger charge is 2.51. The zero-order valence-electron chi connectivity index (χ0n) is 10.1. The molecule has 0 unspecified atom stereocenters. The fourth-order valence-corrected chi connectivity index (χ4v) is 2.02. The Hall–Kier alpha value is -0.980. The number of ether oxygens (including phenoxy) is 4. The van der Waals surface area contributed by atoms with Gasteiger partial charge in [0.2, 0.25) is 6.29 Å². The Labute approximate surface area is 99.2 Å². The van der Waals surface area contributed by atoms with E-state index in [1.807, 2.05) is 0 Å². The molecular formula is C11H16O6. The van der Waals surface area contributed by atoms with Gasteiger partial charge in [0.15, 0.2) is 17.7 Å². The van der Waals surface area contributed by atoms with Crippen LogP contribution in [0.5, 0.6) is 0 Å². The van der Waals surface area contributed by atoms with Crippen LogP contribution in [0.3, 0.4) is 0 Å². The van der Waals surface area contributed by atoms with Crippen LogP contribution < -0.4 is 0 Å². The second-order valence-electron chi connectivity index (χ2n) is 4.59. The maximum absolute atomic E-state index is 11.6. The first-order valence-corrected chi connectivity index (χ1v) is 5.56. The summed E-state index contributed by atoms with van der Waals surface area (Å²) in [6.07, 6.45) is -1.93. The molecule has 0 bridgehead atoms. The number of Topliss-reactive ketones (excluding diaryl/α,β-unsaturated/α-hetero) is 1. The lowest BCUT2D eigenvalue weighted by molar-refractivity contribution is -0.196. The van der Waals surface area contributed by atoms with E-state index >= 15 is 0 Å². The van der Waals surface area contributed by atoms with Gasteiger partial charge in [-0.25, -0.2) is 0 Å². The molecule has 0 radical (unpaired) electrons. The van der Waals surface area contributed by atoms with Crippen LogP contribution in [0, 0.1) is 0 Å². The standard InChI is InChI=1S/C11H16O6/c1-6(12)15-10-9(16-11(2,3)17-10)8-7(13)4-5-14-8/h8-10H,4-5H2,1-3H3/t8-,9+,10-/m0/s1. The second kappa shape index (κ2) is 4.36. The minimum Gasteiger partial charge on any atom is -0.433 e. The van der Waals surface area contributed by atoms with Gasteiger partial charge in [0.05, 0.1) is 6.61 Å². The molecule has 0 aliphatic carbocycles. The van der Waals surface area contributed by atoms with Crippen LogP contribution >= 0.6 is 0 Å². The molecule has 6 nitrogen and oxygen atoms in total. The maximum atomic E-state index is 11.6. The van der Waals surface area contributed by atoms with E-state index in [-0.39, 0.29) is 5.78 Å². The van der Waals surface area contributed by atoms with Gasteiger partial charge >= 0.3 is 5.97 Å². The fourth-order valence-electron chi connectivity index (χ4n) is 2.02. The van der Waals surface area contributed by atoms with Crippen molar-refractivity contribution >= 4 is 11.8 Å². The van der Waals surface area contributed by atoms with Gasteiger partial charge in [-0.15, -0.1) is 0 Å². The molecule has 2 saturated heterocycles. The van der Waals surface area contributed by atoms with E-state index in [1.54, 1.807) is 13.8 Å². The summed E-state index contributed by atoms with van der Waals surface area (Å²) in [5.41, 5.74) is 0. The number of ketones is 1. The lowest BCUT2D eigenvalue weighted by atomic mass is 10.1. The predicted molar refractivity (Wildman–Crippen MR) is 55.0 cm³/mol. The van der Waals surface area contributed by atoms with E-state index in [1.165, 1.54) is 6.92 Å². The molecule has 6 heteroatoms. The first-order chi connectivity index (χ1) is 7.89. The predicted octanol–water partition coefficient (Wildman–Crippen LogP) is 0.385. The lowest BCUT2D eigenvalue weighted by Crippen LogP contribution is -2.41. The summed E-state index contributed by atoms with van der Waals surface area (Å²) in [6, 6.07) is 0. The largest absolute Gasteiger partial charge is 0.433 e. The van der Waals surface area contributed by atoms with Gasteiger partial charge in [-0.2, -0.15) is 0 Å². The molecule has 2 fully saturated rings. The molecule has 17 heavy (non-hydrogen) atoms. The molecule has 0 spiro atoms. The highest BCUT2D eigenvalue weighted by molar-refractivity contribution is 5.85. The molecule has 2 rings (SSSR count). The average Bonchev–Trinajstić information content (AvgIpc) is 2.69. The Morgan fingerprint density at radius 3 is 2.65 bits per heavy atom. The van der Waals surface area contributed by atoms with Crippen molar-refractivity contribution in [3.05, 3.63) is 0 Å². The highest BCUT2D eigenvalue weighted by atomic mass is 16.8. The molecule has 96 valence electrons. The summed E-state index contributed by atoms with van der Waals surface area (Å²) in [5.74, 6) is -1.42. The number of carbonyl (C=O) groups is 2. The van der Waals surface area contributed by atoms with E-state index in [0.717, 1.165) is 0 Å². The smallest absolute Gasteiger partial charge is 0.305 e. The van der Waals surface area contributed by atoms with Crippen LogP contribution in [-0.2, 0) is 28.5 Å². The van der Waals surface area contributed by atoms with Gasteiger partial charge in [0, 0.05) is 13.3 Å². The first kappa shape index (κ1) is 12.5. The fraction of sp³-hybridized carbons (Fsp3) is 0.818. The molecule has 0 aromatic carbocycles. The zero-order valence-corrected chi connectivity index (χ0v) is 10.1. The summed E-state index contributed by atoms with van der Waals surface area (Å²) in [4.78, 5) is 22.6. The number of rotatable bonds is 2. The van der Waals surface area contributed by atoms with E-state index in [0.29, 0.717) is 13.0 Å². The Balaban J connectivity index is 2.12. The first-order valence-electron chi connectivity index (χ1n) is 5.56. The van der Waals surface area contributed by atoms with Gasteiger partial charge in [0.1, 0.15) is 6.10 Å². The van der Waals surface area contributed by atoms with Crippen LogP contribution in [0.1, 0.15) is 27.2 Å². The third-order valence-corrected chi connectivity index (χ3v) is 2.63. The SMILES string of the molecule is CC(=O)O[C@H]1OC(C)(C)O[C@@H]1[C@H]1OCCC1=O. The van der Waals surface area contributed by atoms with E-state index in [9.17, 15) is 9.59 Å². The molecule has 2 heterocycles. The molecule has 0 N–H and O–H groups in total. The summed E-state index contributed by atoms with van der Waals surface area (Å²) in [5, 5.41) is 0. The normalized spacial score (nSPS) is 36.2. The zero-order chi connectivity index (χ0) is 12.6. The number of hydrogen-bond donors (Lipinski definition) is 0. The summed E-state index contributed by atoms with van der Waals surface area (Å²) in [7, 11) is 0. The van der Waals surface area contributed by atoms with Crippen LogP contribution in [0.2, 0.25) is 0 Å². The van der Waals surface area contributed by atoms with Crippen LogP contribution in [0.25, 0.3) is 0 Å². The Morgan fingerprint density at radius 1 is 1.41 bits per heavy atom. The summed E-state index contributed by atoms with van der Waals surface area (Å²) >= 11 is 0. The topological polar surface area (TPSA) is 71.1 Å². The number of carbonyl (C=O) groups excluding carboxylic acids is 2. The molecule has 0 aromatic rings. The van der Waals surface area contributed by atoms with Gasteiger partial charge in [-0.3, -0.25) is 9.59 Å². The minimum atomic E-state index is -0.894. The molecule has 0 saturated carbocycles. The van der Waals surface area contributed by atoms with Gasteiger partial charge in [-0.05, 0) is 13.8 Å². The molecular weight excluding hydrogens is 228 g/mol. The van der Waals surface area contributed by atoms with Crippen molar-refractivity contribution in [3.63, 3.8) is 0 Å². The summed E-state index contributed by atoms with van der Waals surface area (Å²) in [6.45, 7) is 5.05. The third-order valence-electron chi connectivity index (χ3n) is 2.63. The quantitative estimate of drug-likeness (QED) is 0.654. The van der Waals surface area contributed by atoms with Crippen molar-refractivity contribution in [2.75, 3.05) is 6.61 Å². The van der Waals surface area contributed by atoms with Crippen molar-refractivity contribution in [1.82, 2.24) is 0 Å².